The Balaban J connectivity index is 1.51. The number of hydrogen-bond acceptors (Lipinski definition) is 5. The molecular formula is C29H35N3O4. The second-order valence-corrected chi connectivity index (χ2v) is 9.73. The van der Waals surface area contributed by atoms with Gasteiger partial charge < -0.3 is 19.1 Å². The maximum absolute atomic E-state index is 13.7. The van der Waals surface area contributed by atoms with Crippen LogP contribution in [0.25, 0.3) is 11.3 Å². The van der Waals surface area contributed by atoms with Crippen LogP contribution in [0.5, 0.6) is 17.4 Å². The molecule has 7 heteroatoms. The SMILES string of the molecule is COc1ccc(Oc2c(CN(C[C@@H]3CCCO3)C(=O)C3CCCC3)c(-c3ccccc3)nn2C)cc1. The molecule has 2 aliphatic rings. The molecule has 1 atom stereocenters. The molecule has 0 bridgehead atoms. The lowest BCUT2D eigenvalue weighted by Crippen LogP contribution is -2.40. The monoisotopic (exact) mass is 489 g/mol. The van der Waals surface area contributed by atoms with Gasteiger partial charge in [0.15, 0.2) is 0 Å². The number of carbonyl (C=O) groups excluding carboxylic acids is 1. The second-order valence-electron chi connectivity index (χ2n) is 9.73. The van der Waals surface area contributed by atoms with E-state index in [1.54, 1.807) is 11.8 Å². The fourth-order valence-electron chi connectivity index (χ4n) is 5.29. The highest BCUT2D eigenvalue weighted by molar-refractivity contribution is 5.79. The van der Waals surface area contributed by atoms with Gasteiger partial charge in [-0.15, -0.1) is 0 Å². The minimum Gasteiger partial charge on any atom is -0.497 e. The summed E-state index contributed by atoms with van der Waals surface area (Å²) < 4.78 is 19.4. The normalized spacial score (nSPS) is 17.9. The van der Waals surface area contributed by atoms with Crippen LogP contribution in [0, 0.1) is 5.92 Å². The van der Waals surface area contributed by atoms with Gasteiger partial charge in [0.25, 0.3) is 0 Å². The summed E-state index contributed by atoms with van der Waals surface area (Å²) in [6.07, 6.45) is 6.30. The molecule has 1 aliphatic carbocycles. The van der Waals surface area contributed by atoms with Crippen LogP contribution in [0.15, 0.2) is 54.6 Å². The van der Waals surface area contributed by atoms with Crippen LogP contribution < -0.4 is 9.47 Å². The number of nitrogens with zero attached hydrogens (tertiary/aromatic N) is 3. The first-order chi connectivity index (χ1) is 17.6. The van der Waals surface area contributed by atoms with Crippen LogP contribution in [0.4, 0.5) is 0 Å². The van der Waals surface area contributed by atoms with Gasteiger partial charge in [0, 0.05) is 31.7 Å². The summed E-state index contributed by atoms with van der Waals surface area (Å²) in [6.45, 7) is 1.79. The fraction of sp³-hybridized carbons (Fsp3) is 0.448. The molecule has 2 aromatic carbocycles. The van der Waals surface area contributed by atoms with Gasteiger partial charge in [-0.1, -0.05) is 43.2 Å². The van der Waals surface area contributed by atoms with Crippen molar-refractivity contribution >= 4 is 5.91 Å². The summed E-state index contributed by atoms with van der Waals surface area (Å²) in [6, 6.07) is 17.6. The number of ether oxygens (including phenoxy) is 3. The quantitative estimate of drug-likeness (QED) is 0.392. The van der Waals surface area contributed by atoms with Crippen molar-refractivity contribution in [3.05, 3.63) is 60.2 Å². The van der Waals surface area contributed by atoms with E-state index in [0.717, 1.165) is 67.7 Å². The Bertz CT molecular complexity index is 1150. The van der Waals surface area contributed by atoms with Crippen molar-refractivity contribution in [3.63, 3.8) is 0 Å². The van der Waals surface area contributed by atoms with E-state index in [1.165, 1.54) is 0 Å². The smallest absolute Gasteiger partial charge is 0.226 e. The lowest BCUT2D eigenvalue weighted by molar-refractivity contribution is -0.137. The van der Waals surface area contributed by atoms with Gasteiger partial charge in [-0.2, -0.15) is 5.10 Å². The predicted molar refractivity (Wildman–Crippen MR) is 138 cm³/mol. The Kier molecular flexibility index (Phi) is 7.56. The zero-order chi connectivity index (χ0) is 24.9. The van der Waals surface area contributed by atoms with Crippen molar-refractivity contribution in [1.82, 2.24) is 14.7 Å². The number of rotatable bonds is 9. The third-order valence-electron chi connectivity index (χ3n) is 7.22. The van der Waals surface area contributed by atoms with Gasteiger partial charge in [0.2, 0.25) is 11.8 Å². The Morgan fingerprint density at radius 1 is 1.03 bits per heavy atom. The van der Waals surface area contributed by atoms with Gasteiger partial charge in [-0.25, -0.2) is 4.68 Å². The van der Waals surface area contributed by atoms with Gasteiger partial charge in [-0.3, -0.25) is 4.79 Å². The van der Waals surface area contributed by atoms with E-state index in [0.29, 0.717) is 24.7 Å². The van der Waals surface area contributed by atoms with Crippen molar-refractivity contribution in [2.24, 2.45) is 13.0 Å². The minimum absolute atomic E-state index is 0.0816. The lowest BCUT2D eigenvalue weighted by Gasteiger charge is -2.28. The summed E-state index contributed by atoms with van der Waals surface area (Å²) in [5.74, 6) is 2.40. The Morgan fingerprint density at radius 3 is 2.42 bits per heavy atom. The Labute approximate surface area is 213 Å². The molecule has 1 amide bonds. The summed E-state index contributed by atoms with van der Waals surface area (Å²) in [4.78, 5) is 15.7. The minimum atomic E-state index is 0.0816. The van der Waals surface area contributed by atoms with Crippen LogP contribution in [-0.4, -0.2) is 47.0 Å². The van der Waals surface area contributed by atoms with E-state index >= 15 is 0 Å². The van der Waals surface area contributed by atoms with Gasteiger partial charge >= 0.3 is 0 Å². The Morgan fingerprint density at radius 2 is 1.75 bits per heavy atom. The van der Waals surface area contributed by atoms with E-state index in [2.05, 4.69) is 0 Å². The van der Waals surface area contributed by atoms with Crippen molar-refractivity contribution in [2.75, 3.05) is 20.3 Å². The van der Waals surface area contributed by atoms with Gasteiger partial charge in [0.05, 0.1) is 25.3 Å². The first-order valence-corrected chi connectivity index (χ1v) is 13.0. The summed E-state index contributed by atoms with van der Waals surface area (Å²) in [5, 5.41) is 4.85. The first-order valence-electron chi connectivity index (χ1n) is 13.0. The van der Waals surface area contributed by atoms with E-state index in [9.17, 15) is 4.79 Å². The van der Waals surface area contributed by atoms with Crippen LogP contribution in [0.2, 0.25) is 0 Å². The molecule has 0 unspecified atom stereocenters. The third-order valence-corrected chi connectivity index (χ3v) is 7.22. The molecule has 36 heavy (non-hydrogen) atoms. The molecule has 1 saturated carbocycles. The number of aromatic nitrogens is 2. The first kappa shape index (κ1) is 24.4. The number of amides is 1. The standard InChI is InChI=1S/C29H35N3O4/c1-31-29(36-24-16-14-23(34-2)15-17-24)26(27(30-31)21-9-4-3-5-10-21)20-32(19-25-13-8-18-35-25)28(33)22-11-6-7-12-22/h3-5,9-10,14-17,22,25H,6-8,11-13,18-20H2,1-2H3/t25-/m0/s1. The van der Waals surface area contributed by atoms with Crippen LogP contribution in [0.3, 0.4) is 0 Å². The molecule has 1 aromatic heterocycles. The number of aryl methyl sites for hydroxylation is 1. The molecule has 0 radical (unpaired) electrons. The number of carbonyl (C=O) groups is 1. The maximum atomic E-state index is 13.7. The molecule has 7 nitrogen and oxygen atoms in total. The molecular weight excluding hydrogens is 454 g/mol. The topological polar surface area (TPSA) is 65.8 Å². The molecule has 3 aromatic rings. The molecule has 0 N–H and O–H groups in total. The van der Waals surface area contributed by atoms with E-state index in [-0.39, 0.29) is 17.9 Å². The molecule has 5 rings (SSSR count). The molecule has 1 aliphatic heterocycles. The average molecular weight is 490 g/mol. The third kappa shape index (κ3) is 5.41. The van der Waals surface area contributed by atoms with E-state index < -0.39 is 0 Å². The molecule has 2 fully saturated rings. The zero-order valence-electron chi connectivity index (χ0n) is 21.2. The van der Waals surface area contributed by atoms with Crippen molar-refractivity contribution in [3.8, 4) is 28.6 Å². The molecule has 0 spiro atoms. The summed E-state index contributed by atoms with van der Waals surface area (Å²) in [5.41, 5.74) is 2.74. The van der Waals surface area contributed by atoms with Crippen LogP contribution in [-0.2, 0) is 23.1 Å². The lowest BCUT2D eigenvalue weighted by atomic mass is 10.0. The highest BCUT2D eigenvalue weighted by atomic mass is 16.5. The predicted octanol–water partition coefficient (Wildman–Crippen LogP) is 5.59. The van der Waals surface area contributed by atoms with Crippen molar-refractivity contribution < 1.29 is 19.0 Å². The largest absolute Gasteiger partial charge is 0.497 e. The molecule has 1 saturated heterocycles. The van der Waals surface area contributed by atoms with Crippen molar-refractivity contribution in [2.45, 2.75) is 51.2 Å². The van der Waals surface area contributed by atoms with Gasteiger partial charge in [-0.05, 0) is 49.9 Å². The second kappa shape index (κ2) is 11.2. The number of benzene rings is 2. The maximum Gasteiger partial charge on any atom is 0.226 e. The number of methoxy groups -OCH3 is 1. The molecule has 190 valence electrons. The van der Waals surface area contributed by atoms with E-state index in [4.69, 9.17) is 19.3 Å². The molecule has 2 heterocycles. The Hall–Kier alpha value is -3.32. The average Bonchev–Trinajstić information content (AvgIpc) is 3.68. The van der Waals surface area contributed by atoms with Crippen LogP contribution in [0.1, 0.15) is 44.1 Å². The summed E-state index contributed by atoms with van der Waals surface area (Å²) in [7, 11) is 3.53. The number of hydrogen-bond donors (Lipinski definition) is 0. The van der Waals surface area contributed by atoms with Crippen molar-refractivity contribution in [1.29, 1.82) is 0 Å². The zero-order valence-corrected chi connectivity index (χ0v) is 21.2. The highest BCUT2D eigenvalue weighted by Crippen LogP contribution is 2.36. The van der Waals surface area contributed by atoms with Gasteiger partial charge in [0.1, 0.15) is 17.2 Å². The highest BCUT2D eigenvalue weighted by Gasteiger charge is 2.32. The fourth-order valence-corrected chi connectivity index (χ4v) is 5.29. The summed E-state index contributed by atoms with van der Waals surface area (Å²) >= 11 is 0. The van der Waals surface area contributed by atoms with Crippen LogP contribution >= 0.6 is 0 Å². The van der Waals surface area contributed by atoms with E-state index in [1.807, 2.05) is 66.5 Å².